The lowest BCUT2D eigenvalue weighted by Crippen LogP contribution is -2.39. The first-order chi connectivity index (χ1) is 7.33. The summed E-state index contributed by atoms with van der Waals surface area (Å²) in [5.74, 6) is 0.145. The number of hydrogen-bond donors (Lipinski definition) is 1. The Labute approximate surface area is 88.4 Å². The van der Waals surface area contributed by atoms with Crippen molar-refractivity contribution in [1.82, 2.24) is 0 Å². The molecule has 1 aromatic rings. The van der Waals surface area contributed by atoms with E-state index in [0.717, 1.165) is 24.1 Å². The third-order valence-corrected chi connectivity index (χ3v) is 3.47. The van der Waals surface area contributed by atoms with E-state index in [-0.39, 0.29) is 11.3 Å². The van der Waals surface area contributed by atoms with Gasteiger partial charge < -0.3 is 10.1 Å². The highest BCUT2D eigenvalue weighted by Crippen LogP contribution is 2.44. The first-order valence-electron chi connectivity index (χ1n) is 5.32. The van der Waals surface area contributed by atoms with E-state index < -0.39 is 0 Å². The molecule has 1 amide bonds. The number of anilines is 1. The minimum absolute atomic E-state index is 0.145. The summed E-state index contributed by atoms with van der Waals surface area (Å²) in [4.78, 5) is 12.0. The van der Waals surface area contributed by atoms with Crippen LogP contribution >= 0.6 is 0 Å². The summed E-state index contributed by atoms with van der Waals surface area (Å²) < 4.78 is 5.34. The highest BCUT2D eigenvalue weighted by atomic mass is 16.5. The summed E-state index contributed by atoms with van der Waals surface area (Å²) in [6, 6.07) is 7.98. The third kappa shape index (κ3) is 1.13. The number of nitrogens with one attached hydrogen (secondary N) is 1. The summed E-state index contributed by atoms with van der Waals surface area (Å²) in [7, 11) is 0. The number of carbonyl (C=O) groups is 1. The predicted molar refractivity (Wildman–Crippen MR) is 56.8 cm³/mol. The van der Waals surface area contributed by atoms with Crippen molar-refractivity contribution in [1.29, 1.82) is 0 Å². The van der Waals surface area contributed by atoms with Crippen LogP contribution in [0.3, 0.4) is 0 Å². The molecule has 0 radical (unpaired) electrons. The molecule has 78 valence electrons. The molecule has 2 aliphatic heterocycles. The Kier molecular flexibility index (Phi) is 1.83. The molecule has 0 atom stereocenters. The van der Waals surface area contributed by atoms with Crippen LogP contribution in [0.1, 0.15) is 18.4 Å². The van der Waals surface area contributed by atoms with Crippen molar-refractivity contribution in [3.8, 4) is 0 Å². The lowest BCUT2D eigenvalue weighted by atomic mass is 9.75. The molecule has 3 nitrogen and oxygen atoms in total. The van der Waals surface area contributed by atoms with Crippen LogP contribution in [0.15, 0.2) is 24.3 Å². The van der Waals surface area contributed by atoms with Crippen molar-refractivity contribution in [2.75, 3.05) is 18.5 Å². The van der Waals surface area contributed by atoms with Gasteiger partial charge >= 0.3 is 0 Å². The maximum atomic E-state index is 12.0. The van der Waals surface area contributed by atoms with Gasteiger partial charge in [-0.2, -0.15) is 0 Å². The smallest absolute Gasteiger partial charge is 0.235 e. The fourth-order valence-electron chi connectivity index (χ4n) is 2.59. The lowest BCUT2D eigenvalue weighted by molar-refractivity contribution is -0.124. The fraction of sp³-hybridized carbons (Fsp3) is 0.417. The second kappa shape index (κ2) is 3.07. The SMILES string of the molecule is O=C1Nc2ccccc2C12CCOCC2. The molecule has 3 heteroatoms. The zero-order chi connectivity index (χ0) is 10.3. The Hall–Kier alpha value is -1.35. The zero-order valence-electron chi connectivity index (χ0n) is 8.45. The molecule has 3 rings (SSSR count). The highest BCUT2D eigenvalue weighted by Gasteiger charge is 2.47. The second-order valence-electron chi connectivity index (χ2n) is 4.19. The van der Waals surface area contributed by atoms with Crippen molar-refractivity contribution in [2.45, 2.75) is 18.3 Å². The van der Waals surface area contributed by atoms with Crippen molar-refractivity contribution in [3.63, 3.8) is 0 Å². The van der Waals surface area contributed by atoms with Gasteiger partial charge in [0.2, 0.25) is 5.91 Å². The Bertz CT molecular complexity index is 408. The van der Waals surface area contributed by atoms with E-state index >= 15 is 0 Å². The van der Waals surface area contributed by atoms with E-state index in [1.165, 1.54) is 0 Å². The van der Waals surface area contributed by atoms with Gasteiger partial charge in [0.25, 0.3) is 0 Å². The van der Waals surface area contributed by atoms with E-state index in [9.17, 15) is 4.79 Å². The van der Waals surface area contributed by atoms with Crippen LogP contribution in [-0.2, 0) is 14.9 Å². The van der Waals surface area contributed by atoms with Gasteiger partial charge in [-0.15, -0.1) is 0 Å². The normalized spacial score (nSPS) is 22.5. The maximum Gasteiger partial charge on any atom is 0.235 e. The first kappa shape index (κ1) is 8.92. The number of para-hydroxylation sites is 1. The van der Waals surface area contributed by atoms with Crippen LogP contribution in [0, 0.1) is 0 Å². The largest absolute Gasteiger partial charge is 0.381 e. The van der Waals surface area contributed by atoms with Crippen LogP contribution < -0.4 is 5.32 Å². The van der Waals surface area contributed by atoms with Gasteiger partial charge in [0.15, 0.2) is 0 Å². The average Bonchev–Trinajstić information content (AvgIpc) is 2.55. The standard InChI is InChI=1S/C12H13NO2/c14-11-12(5-7-15-8-6-12)9-3-1-2-4-10(9)13-11/h1-4H,5-8H2,(H,13,14). The van der Waals surface area contributed by atoms with Gasteiger partial charge in [-0.05, 0) is 24.5 Å². The van der Waals surface area contributed by atoms with Crippen LogP contribution in [0.25, 0.3) is 0 Å². The molecular weight excluding hydrogens is 190 g/mol. The molecule has 0 aliphatic carbocycles. The Morgan fingerprint density at radius 3 is 2.73 bits per heavy atom. The summed E-state index contributed by atoms with van der Waals surface area (Å²) >= 11 is 0. The van der Waals surface area contributed by atoms with Gasteiger partial charge in [0.1, 0.15) is 0 Å². The summed E-state index contributed by atoms with van der Waals surface area (Å²) in [6.45, 7) is 1.36. The van der Waals surface area contributed by atoms with Crippen molar-refractivity contribution in [3.05, 3.63) is 29.8 Å². The monoisotopic (exact) mass is 203 g/mol. The van der Waals surface area contributed by atoms with E-state index in [0.29, 0.717) is 13.2 Å². The minimum atomic E-state index is -0.311. The van der Waals surface area contributed by atoms with Crippen LogP contribution in [0.5, 0.6) is 0 Å². The molecule has 1 spiro atoms. The predicted octanol–water partition coefficient (Wildman–Crippen LogP) is 1.69. The molecule has 1 saturated heterocycles. The fourth-order valence-corrected chi connectivity index (χ4v) is 2.59. The molecular formula is C12H13NO2. The maximum absolute atomic E-state index is 12.0. The minimum Gasteiger partial charge on any atom is -0.381 e. The molecule has 0 saturated carbocycles. The highest BCUT2D eigenvalue weighted by molar-refractivity contribution is 6.06. The van der Waals surface area contributed by atoms with Gasteiger partial charge in [0, 0.05) is 18.9 Å². The topological polar surface area (TPSA) is 38.3 Å². The summed E-state index contributed by atoms with van der Waals surface area (Å²) in [5.41, 5.74) is 1.82. The van der Waals surface area contributed by atoms with Crippen molar-refractivity contribution < 1.29 is 9.53 Å². The van der Waals surface area contributed by atoms with Crippen molar-refractivity contribution >= 4 is 11.6 Å². The van der Waals surface area contributed by atoms with E-state index in [1.54, 1.807) is 0 Å². The molecule has 2 aliphatic rings. The van der Waals surface area contributed by atoms with Gasteiger partial charge in [0.05, 0.1) is 5.41 Å². The lowest BCUT2D eigenvalue weighted by Gasteiger charge is -2.31. The van der Waals surface area contributed by atoms with Crippen LogP contribution in [0.2, 0.25) is 0 Å². The number of benzene rings is 1. The van der Waals surface area contributed by atoms with Gasteiger partial charge in [-0.1, -0.05) is 18.2 Å². The first-order valence-corrected chi connectivity index (χ1v) is 5.32. The van der Waals surface area contributed by atoms with Crippen LogP contribution in [0.4, 0.5) is 5.69 Å². The molecule has 0 bridgehead atoms. The van der Waals surface area contributed by atoms with Crippen LogP contribution in [-0.4, -0.2) is 19.1 Å². The molecule has 0 aromatic heterocycles. The molecule has 1 aromatic carbocycles. The third-order valence-electron chi connectivity index (χ3n) is 3.47. The average molecular weight is 203 g/mol. The Morgan fingerprint density at radius 2 is 1.93 bits per heavy atom. The Balaban J connectivity index is 2.11. The molecule has 1 N–H and O–H groups in total. The number of hydrogen-bond acceptors (Lipinski definition) is 2. The number of fused-ring (bicyclic) bond motifs is 2. The number of amides is 1. The molecule has 1 fully saturated rings. The number of carbonyl (C=O) groups excluding carboxylic acids is 1. The van der Waals surface area contributed by atoms with E-state index in [1.807, 2.05) is 18.2 Å². The number of ether oxygens (including phenoxy) is 1. The summed E-state index contributed by atoms with van der Waals surface area (Å²) in [5, 5.41) is 2.96. The van der Waals surface area contributed by atoms with E-state index in [2.05, 4.69) is 11.4 Å². The van der Waals surface area contributed by atoms with E-state index in [4.69, 9.17) is 4.74 Å². The summed E-state index contributed by atoms with van der Waals surface area (Å²) in [6.07, 6.45) is 1.60. The van der Waals surface area contributed by atoms with Crippen molar-refractivity contribution in [2.24, 2.45) is 0 Å². The Morgan fingerprint density at radius 1 is 1.20 bits per heavy atom. The number of rotatable bonds is 0. The molecule has 15 heavy (non-hydrogen) atoms. The second-order valence-corrected chi connectivity index (χ2v) is 4.19. The molecule has 0 unspecified atom stereocenters. The zero-order valence-corrected chi connectivity index (χ0v) is 8.45. The quantitative estimate of drug-likeness (QED) is 0.696. The van der Waals surface area contributed by atoms with Gasteiger partial charge in [-0.25, -0.2) is 0 Å². The van der Waals surface area contributed by atoms with Gasteiger partial charge in [-0.3, -0.25) is 4.79 Å². The molecule has 2 heterocycles.